The number of aryl methyl sites for hydroxylation is 1. The molecule has 6 rings (SSSR count). The number of hydrogen-bond donors (Lipinski definition) is 2. The predicted molar refractivity (Wildman–Crippen MR) is 142 cm³/mol. The molecule has 4 fully saturated rings. The van der Waals surface area contributed by atoms with Crippen LogP contribution in [0.15, 0.2) is 30.3 Å². The number of pyridine rings is 1. The maximum absolute atomic E-state index is 13.5. The highest BCUT2D eigenvalue weighted by Crippen LogP contribution is 2.54. The van der Waals surface area contributed by atoms with Crippen LogP contribution in [-0.2, 0) is 0 Å². The number of amides is 1. The highest BCUT2D eigenvalue weighted by molar-refractivity contribution is 8.02. The summed E-state index contributed by atoms with van der Waals surface area (Å²) < 4.78 is 30.6. The smallest absolute Gasteiger partial charge is 0.282 e. The van der Waals surface area contributed by atoms with Crippen LogP contribution in [0, 0.1) is 12.3 Å². The van der Waals surface area contributed by atoms with Crippen LogP contribution in [0.25, 0.3) is 0 Å². The number of hydrogen-bond acceptors (Lipinski definition) is 6. The zero-order valence-corrected chi connectivity index (χ0v) is 21.7. The summed E-state index contributed by atoms with van der Waals surface area (Å²) in [7, 11) is 0. The van der Waals surface area contributed by atoms with Gasteiger partial charge in [0.05, 0.1) is 24.3 Å². The number of rotatable bonds is 7. The summed E-state index contributed by atoms with van der Waals surface area (Å²) in [6.07, 6.45) is 7.42. The minimum absolute atomic E-state index is 0.233. The summed E-state index contributed by atoms with van der Waals surface area (Å²) in [5.74, 6) is -2.07. The van der Waals surface area contributed by atoms with E-state index in [9.17, 15) is 13.6 Å². The van der Waals surface area contributed by atoms with Crippen molar-refractivity contribution in [2.45, 2.75) is 63.0 Å². The number of carbonyl (C=O) groups is 1. The first kappa shape index (κ1) is 23.8. The molecule has 2 saturated carbocycles. The van der Waals surface area contributed by atoms with E-state index in [1.54, 1.807) is 24.1 Å². The van der Waals surface area contributed by atoms with Crippen LogP contribution >= 0.6 is 11.9 Å². The Bertz CT molecular complexity index is 1180. The Morgan fingerprint density at radius 3 is 2.36 bits per heavy atom. The maximum Gasteiger partial charge on any atom is 0.282 e. The second-order valence-corrected chi connectivity index (χ2v) is 12.8. The zero-order chi connectivity index (χ0) is 25.1. The van der Waals surface area contributed by atoms with Crippen LogP contribution in [0.4, 0.5) is 31.8 Å². The van der Waals surface area contributed by atoms with Crippen molar-refractivity contribution in [2.75, 3.05) is 46.0 Å². The fourth-order valence-corrected chi connectivity index (χ4v) is 5.94. The van der Waals surface area contributed by atoms with Crippen LogP contribution < -0.4 is 19.8 Å². The first-order valence-corrected chi connectivity index (χ1v) is 13.7. The van der Waals surface area contributed by atoms with Gasteiger partial charge in [-0.15, -0.1) is 0 Å². The lowest BCUT2D eigenvalue weighted by Crippen LogP contribution is -2.56. The average Bonchev–Trinajstić information content (AvgIpc) is 3.75. The van der Waals surface area contributed by atoms with Crippen molar-refractivity contribution in [3.63, 3.8) is 0 Å². The number of benzene rings is 1. The van der Waals surface area contributed by atoms with Gasteiger partial charge < -0.3 is 19.8 Å². The van der Waals surface area contributed by atoms with E-state index in [2.05, 4.69) is 32.9 Å². The van der Waals surface area contributed by atoms with Crippen molar-refractivity contribution in [3.05, 3.63) is 41.5 Å². The Morgan fingerprint density at radius 2 is 1.72 bits per heavy atom. The molecular weight excluding hydrogens is 480 g/mol. The minimum Gasteiger partial charge on any atom is -0.371 e. The summed E-state index contributed by atoms with van der Waals surface area (Å²) >= 11 is 1.76. The van der Waals surface area contributed by atoms with Gasteiger partial charge in [0.2, 0.25) is 0 Å². The molecule has 1 aromatic carbocycles. The normalized spacial score (nSPS) is 22.7. The average molecular weight is 514 g/mol. The number of halogens is 2. The molecule has 0 bridgehead atoms. The molecule has 4 aliphatic rings. The van der Waals surface area contributed by atoms with Gasteiger partial charge in [0.25, 0.3) is 11.8 Å². The van der Waals surface area contributed by atoms with Gasteiger partial charge in [0.15, 0.2) is 0 Å². The van der Waals surface area contributed by atoms with Crippen LogP contribution in [0.5, 0.6) is 0 Å². The molecule has 192 valence electrons. The molecule has 1 spiro atoms. The van der Waals surface area contributed by atoms with E-state index in [0.29, 0.717) is 27.4 Å². The number of aromatic nitrogens is 1. The second kappa shape index (κ2) is 8.50. The molecule has 2 N–H and O–H groups in total. The molecule has 0 radical (unpaired) electrons. The highest BCUT2D eigenvalue weighted by atomic mass is 32.2. The molecule has 2 aromatic rings. The molecule has 6 nitrogen and oxygen atoms in total. The first-order valence-electron chi connectivity index (χ1n) is 12.9. The van der Waals surface area contributed by atoms with Gasteiger partial charge >= 0.3 is 0 Å². The number of piperidine rings is 1. The van der Waals surface area contributed by atoms with Crippen LogP contribution in [0.3, 0.4) is 0 Å². The summed E-state index contributed by atoms with van der Waals surface area (Å²) in [5, 5.41) is 2.94. The minimum atomic E-state index is -2.68. The van der Waals surface area contributed by atoms with Crippen LogP contribution in [0.2, 0.25) is 0 Å². The number of nitrogens with zero attached hydrogens (tertiary/aromatic N) is 3. The fourth-order valence-electron chi connectivity index (χ4n) is 5.14. The van der Waals surface area contributed by atoms with E-state index in [4.69, 9.17) is 0 Å². The Balaban J connectivity index is 1.23. The summed E-state index contributed by atoms with van der Waals surface area (Å²) in [6.45, 7) is 5.35. The molecular formula is C27H33F2N5OS. The van der Waals surface area contributed by atoms with Crippen molar-refractivity contribution >= 4 is 40.9 Å². The van der Waals surface area contributed by atoms with E-state index in [1.165, 1.54) is 43.4 Å². The third-order valence-electron chi connectivity index (χ3n) is 8.10. The topological polar surface area (TPSA) is 60.5 Å². The molecule has 2 aliphatic carbocycles. The number of anilines is 4. The predicted octanol–water partition coefficient (Wildman–Crippen LogP) is 6.09. The molecule has 0 unspecified atom stereocenters. The quantitative estimate of drug-likeness (QED) is 0.437. The molecule has 2 aliphatic heterocycles. The summed E-state index contributed by atoms with van der Waals surface area (Å²) in [5.41, 5.74) is 3.95. The van der Waals surface area contributed by atoms with Gasteiger partial charge in [0, 0.05) is 23.5 Å². The van der Waals surface area contributed by atoms with Crippen molar-refractivity contribution < 1.29 is 13.6 Å². The Kier molecular flexibility index (Phi) is 5.63. The molecule has 1 aromatic heterocycles. The SMILES string of the molecule is Cc1cc(NC(=O)c2ccc(NSC3(C)CC3)cc2N2CCC3(CC2)CC3)nc(N2CC(F)(F)C2)c1. The molecule has 1 amide bonds. The van der Waals surface area contributed by atoms with Gasteiger partial charge in [0.1, 0.15) is 11.6 Å². The van der Waals surface area contributed by atoms with Crippen molar-refractivity contribution in [1.82, 2.24) is 4.98 Å². The lowest BCUT2D eigenvalue weighted by Gasteiger charge is -2.39. The monoisotopic (exact) mass is 513 g/mol. The molecule has 36 heavy (non-hydrogen) atoms. The van der Waals surface area contributed by atoms with Gasteiger partial charge in [-0.1, -0.05) is 0 Å². The molecule has 0 atom stereocenters. The maximum atomic E-state index is 13.5. The highest BCUT2D eigenvalue weighted by Gasteiger charge is 2.45. The summed E-state index contributed by atoms with van der Waals surface area (Å²) in [4.78, 5) is 21.8. The third kappa shape index (κ3) is 4.99. The van der Waals surface area contributed by atoms with Crippen LogP contribution in [0.1, 0.15) is 61.4 Å². The Hall–Kier alpha value is -2.55. The fraction of sp³-hybridized carbons (Fsp3) is 0.556. The zero-order valence-electron chi connectivity index (χ0n) is 20.9. The number of carbonyl (C=O) groups excluding carboxylic acids is 1. The largest absolute Gasteiger partial charge is 0.371 e. The van der Waals surface area contributed by atoms with Gasteiger partial charge in [-0.05, 0) is 106 Å². The van der Waals surface area contributed by atoms with Gasteiger partial charge in [-0.2, -0.15) is 0 Å². The van der Waals surface area contributed by atoms with Gasteiger partial charge in [-0.25, -0.2) is 13.8 Å². The lowest BCUT2D eigenvalue weighted by atomic mass is 9.93. The standard InChI is InChI=1S/C27H33F2N5OS/c1-18-13-22(30-23(14-18)34-16-27(28,29)17-34)31-24(35)20-4-3-19(32-36-25(2)5-6-25)15-21(20)33-11-9-26(7-8-26)10-12-33/h3-4,13-15,32H,5-12,16-17H2,1-2H3,(H,30,31,35). The van der Waals surface area contributed by atoms with E-state index < -0.39 is 5.92 Å². The third-order valence-corrected chi connectivity index (χ3v) is 9.34. The Labute approximate surface area is 215 Å². The van der Waals surface area contributed by atoms with E-state index in [0.717, 1.165) is 30.0 Å². The van der Waals surface area contributed by atoms with E-state index in [1.807, 2.05) is 19.1 Å². The Morgan fingerprint density at radius 1 is 1.00 bits per heavy atom. The summed E-state index contributed by atoms with van der Waals surface area (Å²) in [6, 6.07) is 9.49. The second-order valence-electron chi connectivity index (χ2n) is 11.4. The lowest BCUT2D eigenvalue weighted by molar-refractivity contribution is -0.0267. The van der Waals surface area contributed by atoms with E-state index >= 15 is 0 Å². The first-order chi connectivity index (χ1) is 17.1. The van der Waals surface area contributed by atoms with Crippen molar-refractivity contribution in [2.24, 2.45) is 5.41 Å². The number of nitrogens with one attached hydrogen (secondary N) is 2. The van der Waals surface area contributed by atoms with Crippen LogP contribution in [-0.4, -0.2) is 47.7 Å². The van der Waals surface area contributed by atoms with Crippen molar-refractivity contribution in [3.8, 4) is 0 Å². The van der Waals surface area contributed by atoms with Crippen molar-refractivity contribution in [1.29, 1.82) is 0 Å². The molecule has 9 heteroatoms. The number of alkyl halides is 2. The van der Waals surface area contributed by atoms with E-state index in [-0.39, 0.29) is 19.0 Å². The molecule has 2 saturated heterocycles. The van der Waals surface area contributed by atoms with Gasteiger partial charge in [-0.3, -0.25) is 4.79 Å². The molecule has 3 heterocycles.